The molecule has 3 aliphatic heterocycles. The molecule has 3 aliphatic rings. The highest BCUT2D eigenvalue weighted by molar-refractivity contribution is 5.99. The summed E-state index contributed by atoms with van der Waals surface area (Å²) in [7, 11) is 0. The Morgan fingerprint density at radius 1 is 0.957 bits per heavy atom. The second-order valence-electron chi connectivity index (χ2n) is 12.5. The summed E-state index contributed by atoms with van der Waals surface area (Å²) < 4.78 is 1.63. The predicted molar refractivity (Wildman–Crippen MR) is 166 cm³/mol. The van der Waals surface area contributed by atoms with Gasteiger partial charge in [-0.1, -0.05) is 67.6 Å². The van der Waals surface area contributed by atoms with Gasteiger partial charge in [0.15, 0.2) is 0 Å². The molecule has 13 heteroatoms. The summed E-state index contributed by atoms with van der Waals surface area (Å²) >= 11 is 0. The van der Waals surface area contributed by atoms with E-state index in [9.17, 15) is 24.0 Å². The van der Waals surface area contributed by atoms with Crippen molar-refractivity contribution in [2.75, 3.05) is 13.1 Å². The zero-order valence-corrected chi connectivity index (χ0v) is 25.9. The number of nitrogens with zero attached hydrogens (tertiary/aromatic N) is 5. The van der Waals surface area contributed by atoms with Gasteiger partial charge in [-0.2, -0.15) is 0 Å². The molecule has 1 fully saturated rings. The van der Waals surface area contributed by atoms with Crippen molar-refractivity contribution < 1.29 is 24.0 Å². The molecule has 6 rings (SSSR count). The third-order valence-electron chi connectivity index (χ3n) is 8.93. The summed E-state index contributed by atoms with van der Waals surface area (Å²) in [6, 6.07) is 13.7. The minimum Gasteiger partial charge on any atom is -0.349 e. The Labute approximate surface area is 266 Å². The minimum absolute atomic E-state index is 0.0418. The van der Waals surface area contributed by atoms with Crippen molar-refractivity contribution >= 4 is 29.5 Å². The highest BCUT2D eigenvalue weighted by Crippen LogP contribution is 2.29. The fraction of sp³-hybridized carbons (Fsp3) is 0.424. The maximum atomic E-state index is 13.9. The molecular weight excluding hydrogens is 588 g/mol. The van der Waals surface area contributed by atoms with Crippen LogP contribution in [0.3, 0.4) is 0 Å². The lowest BCUT2D eigenvalue weighted by atomic mass is 10.00. The van der Waals surface area contributed by atoms with E-state index in [0.29, 0.717) is 17.8 Å². The Bertz CT molecular complexity index is 1640. The van der Waals surface area contributed by atoms with E-state index in [1.165, 1.54) is 4.90 Å². The van der Waals surface area contributed by atoms with Crippen LogP contribution in [0.1, 0.15) is 59.9 Å². The highest BCUT2D eigenvalue weighted by Gasteiger charge is 2.43. The summed E-state index contributed by atoms with van der Waals surface area (Å²) in [5, 5.41) is 17.1. The summed E-state index contributed by atoms with van der Waals surface area (Å²) in [5.41, 5.74) is 2.94. The molecule has 2 aromatic carbocycles. The van der Waals surface area contributed by atoms with Crippen LogP contribution < -0.4 is 16.0 Å². The lowest BCUT2D eigenvalue weighted by Gasteiger charge is -2.29. The lowest BCUT2D eigenvalue weighted by Crippen LogP contribution is -2.58. The number of nitrogens with one attached hydrogen (secondary N) is 3. The molecule has 4 heterocycles. The van der Waals surface area contributed by atoms with Crippen molar-refractivity contribution in [3.63, 3.8) is 0 Å². The number of hydrogen-bond donors (Lipinski definition) is 3. The lowest BCUT2D eigenvalue weighted by molar-refractivity contribution is -0.140. The maximum Gasteiger partial charge on any atom is 0.254 e. The normalized spacial score (nSPS) is 23.4. The number of carbonyl (C=O) groups is 5. The molecule has 0 unspecified atom stereocenters. The minimum atomic E-state index is -0.946. The van der Waals surface area contributed by atoms with Crippen LogP contribution in [0.25, 0.3) is 0 Å². The molecular formula is C33H38N8O5. The van der Waals surface area contributed by atoms with Gasteiger partial charge in [0.05, 0.1) is 18.8 Å². The van der Waals surface area contributed by atoms with Gasteiger partial charge in [0.2, 0.25) is 23.6 Å². The Morgan fingerprint density at radius 3 is 2.48 bits per heavy atom. The van der Waals surface area contributed by atoms with Crippen LogP contribution in [0.5, 0.6) is 0 Å². The Morgan fingerprint density at radius 2 is 1.72 bits per heavy atom. The Hall–Kier alpha value is -5.07. The quantitative estimate of drug-likeness (QED) is 0.368. The molecule has 0 saturated carbocycles. The Balaban J connectivity index is 1.22. The number of amides is 5. The van der Waals surface area contributed by atoms with Crippen molar-refractivity contribution in [3.8, 4) is 0 Å². The molecule has 4 atom stereocenters. The largest absolute Gasteiger partial charge is 0.349 e. The van der Waals surface area contributed by atoms with E-state index in [2.05, 4.69) is 26.3 Å². The molecule has 240 valence electrons. The SMILES string of the molecule is CC(C)[C@@H]1NC(=O)[C@@H]2C[C@@H](CN2C(=O)CCN2Cc3ccccc3C2=O)n2cc(nn2)CNC(=O)[C@@H](Cc2ccccc2)NC1=O. The van der Waals surface area contributed by atoms with E-state index in [1.54, 1.807) is 21.8 Å². The van der Waals surface area contributed by atoms with Gasteiger partial charge < -0.3 is 25.8 Å². The smallest absolute Gasteiger partial charge is 0.254 e. The van der Waals surface area contributed by atoms with Gasteiger partial charge in [-0.25, -0.2) is 4.68 Å². The number of rotatable bonds is 6. The number of aromatic nitrogens is 3. The number of carbonyl (C=O) groups excluding carboxylic acids is 5. The first-order valence-corrected chi connectivity index (χ1v) is 15.7. The first-order valence-electron chi connectivity index (χ1n) is 15.7. The van der Waals surface area contributed by atoms with Crippen LogP contribution in [0.2, 0.25) is 0 Å². The van der Waals surface area contributed by atoms with Crippen molar-refractivity contribution in [3.05, 3.63) is 83.2 Å². The van der Waals surface area contributed by atoms with Crippen LogP contribution >= 0.6 is 0 Å². The zero-order valence-electron chi connectivity index (χ0n) is 25.9. The number of fused-ring (bicyclic) bond motifs is 6. The maximum absolute atomic E-state index is 13.9. The van der Waals surface area contributed by atoms with E-state index < -0.39 is 29.9 Å². The van der Waals surface area contributed by atoms with E-state index >= 15 is 0 Å². The van der Waals surface area contributed by atoms with E-state index in [0.717, 1.165) is 11.1 Å². The Kier molecular flexibility index (Phi) is 8.82. The van der Waals surface area contributed by atoms with Crippen molar-refractivity contribution in [1.82, 2.24) is 40.7 Å². The molecule has 3 aromatic rings. The summed E-state index contributed by atoms with van der Waals surface area (Å²) in [5.74, 6) is -2.02. The van der Waals surface area contributed by atoms with Crippen LogP contribution in [-0.4, -0.2) is 85.5 Å². The second-order valence-corrected chi connectivity index (χ2v) is 12.5. The van der Waals surface area contributed by atoms with E-state index in [1.807, 2.05) is 62.4 Å². The molecule has 1 saturated heterocycles. The molecule has 1 aromatic heterocycles. The van der Waals surface area contributed by atoms with Crippen LogP contribution in [-0.2, 0) is 38.7 Å². The third-order valence-corrected chi connectivity index (χ3v) is 8.93. The number of hydrogen-bond acceptors (Lipinski definition) is 7. The molecule has 13 nitrogen and oxygen atoms in total. The molecule has 0 aliphatic carbocycles. The van der Waals surface area contributed by atoms with Gasteiger partial charge in [0.1, 0.15) is 23.8 Å². The van der Waals surface area contributed by atoms with Gasteiger partial charge in [0, 0.05) is 44.5 Å². The third kappa shape index (κ3) is 6.49. The van der Waals surface area contributed by atoms with Gasteiger partial charge in [-0.05, 0) is 23.1 Å². The second kappa shape index (κ2) is 13.1. The summed E-state index contributed by atoms with van der Waals surface area (Å²) in [6.07, 6.45) is 2.26. The van der Waals surface area contributed by atoms with Crippen molar-refractivity contribution in [2.24, 2.45) is 5.92 Å². The van der Waals surface area contributed by atoms with Crippen molar-refractivity contribution in [2.45, 2.75) is 70.4 Å². The first-order chi connectivity index (χ1) is 22.2. The number of likely N-dealkylation sites (tertiary alicyclic amines) is 1. The van der Waals surface area contributed by atoms with Gasteiger partial charge in [-0.15, -0.1) is 5.10 Å². The van der Waals surface area contributed by atoms with Gasteiger partial charge in [-0.3, -0.25) is 24.0 Å². The molecule has 3 N–H and O–H groups in total. The fourth-order valence-corrected chi connectivity index (χ4v) is 6.38. The summed E-state index contributed by atoms with van der Waals surface area (Å²) in [6.45, 7) is 4.58. The fourth-order valence-electron chi connectivity index (χ4n) is 6.38. The van der Waals surface area contributed by atoms with Gasteiger partial charge >= 0.3 is 0 Å². The monoisotopic (exact) mass is 626 g/mol. The van der Waals surface area contributed by atoms with Crippen molar-refractivity contribution in [1.29, 1.82) is 0 Å². The predicted octanol–water partition coefficient (Wildman–Crippen LogP) is 0.964. The summed E-state index contributed by atoms with van der Waals surface area (Å²) in [4.78, 5) is 70.5. The average Bonchev–Trinajstić information content (AvgIpc) is 3.78. The number of benzene rings is 2. The average molecular weight is 627 g/mol. The molecule has 4 bridgehead atoms. The van der Waals surface area contributed by atoms with Gasteiger partial charge in [0.25, 0.3) is 5.91 Å². The molecule has 5 amide bonds. The van der Waals surface area contributed by atoms with Crippen LogP contribution in [0.15, 0.2) is 60.8 Å². The van der Waals surface area contributed by atoms with E-state index in [-0.39, 0.29) is 68.6 Å². The zero-order chi connectivity index (χ0) is 32.4. The first kappa shape index (κ1) is 30.9. The highest BCUT2D eigenvalue weighted by atomic mass is 16.2. The van der Waals surface area contributed by atoms with Crippen LogP contribution in [0.4, 0.5) is 0 Å². The molecule has 46 heavy (non-hydrogen) atoms. The molecule has 0 radical (unpaired) electrons. The molecule has 0 spiro atoms. The topological polar surface area (TPSA) is 159 Å². The van der Waals surface area contributed by atoms with E-state index in [4.69, 9.17) is 0 Å². The van der Waals surface area contributed by atoms with Crippen LogP contribution in [0, 0.1) is 5.92 Å². The standard InChI is InChI=1S/C33H38N8O5/c1-20(2)29-32(45)35-26(14-21-8-4-3-5-9-21)30(43)34-16-23-18-41(38-37-23)24-15-27(31(44)36-29)40(19-24)28(42)12-13-39-17-22-10-6-7-11-25(22)33(39)46/h3-11,18,20,24,26-27,29H,12-17,19H2,1-2H3,(H,34,43)(H,35,45)(H,36,44)/t24-,26+,27-,29-/m0/s1.